The third-order valence-corrected chi connectivity index (χ3v) is 6.82. The largest absolute Gasteiger partial charge is 0.465 e. The molecule has 6 heteroatoms. The predicted molar refractivity (Wildman–Crippen MR) is 136 cm³/mol. The van der Waals surface area contributed by atoms with Gasteiger partial charge < -0.3 is 14.5 Å². The van der Waals surface area contributed by atoms with Gasteiger partial charge in [0.05, 0.1) is 18.8 Å². The van der Waals surface area contributed by atoms with Crippen LogP contribution in [0.2, 0.25) is 0 Å². The fourth-order valence-electron chi connectivity index (χ4n) is 5.17. The fourth-order valence-corrected chi connectivity index (χ4v) is 5.17. The lowest BCUT2D eigenvalue weighted by atomic mass is 10.0. The Balaban J connectivity index is 1.37. The van der Waals surface area contributed by atoms with Crippen LogP contribution in [-0.2, 0) is 16.0 Å². The summed E-state index contributed by atoms with van der Waals surface area (Å²) in [7, 11) is 0. The van der Waals surface area contributed by atoms with Crippen molar-refractivity contribution in [3.05, 3.63) is 71.8 Å². The molecule has 6 nitrogen and oxygen atoms in total. The van der Waals surface area contributed by atoms with Crippen LogP contribution in [0.4, 0.5) is 11.4 Å². The van der Waals surface area contributed by atoms with Gasteiger partial charge in [0.1, 0.15) is 0 Å². The first-order valence-electron chi connectivity index (χ1n) is 12.2. The van der Waals surface area contributed by atoms with E-state index in [0.29, 0.717) is 19.7 Å². The smallest absolute Gasteiger partial charge is 0.320 e. The van der Waals surface area contributed by atoms with Crippen LogP contribution >= 0.6 is 0 Å². The van der Waals surface area contributed by atoms with Gasteiger partial charge in [-0.15, -0.1) is 0 Å². The van der Waals surface area contributed by atoms with E-state index in [1.807, 2.05) is 42.2 Å². The molecule has 0 atom stereocenters. The molecule has 1 amide bonds. The summed E-state index contributed by atoms with van der Waals surface area (Å²) in [5.74, 6) is -0.0689. The van der Waals surface area contributed by atoms with Crippen molar-refractivity contribution in [1.82, 2.24) is 4.90 Å². The second-order valence-corrected chi connectivity index (χ2v) is 8.95. The summed E-state index contributed by atoms with van der Waals surface area (Å²) < 4.78 is 5.13. The van der Waals surface area contributed by atoms with Gasteiger partial charge in [-0.25, -0.2) is 0 Å². The van der Waals surface area contributed by atoms with Crippen LogP contribution in [0, 0.1) is 0 Å². The van der Waals surface area contributed by atoms with Crippen LogP contribution in [0.5, 0.6) is 0 Å². The van der Waals surface area contributed by atoms with Gasteiger partial charge in [0.15, 0.2) is 0 Å². The first kappa shape index (κ1) is 22.4. The Morgan fingerprint density at radius 3 is 2.56 bits per heavy atom. The highest BCUT2D eigenvalue weighted by Gasteiger charge is 2.31. The van der Waals surface area contributed by atoms with E-state index in [0.717, 1.165) is 66.7 Å². The van der Waals surface area contributed by atoms with E-state index < -0.39 is 0 Å². The van der Waals surface area contributed by atoms with Crippen LogP contribution in [-0.4, -0.2) is 62.7 Å². The minimum Gasteiger partial charge on any atom is -0.465 e. The number of anilines is 2. The van der Waals surface area contributed by atoms with Gasteiger partial charge in [0.25, 0.3) is 5.91 Å². The standard InChI is InChI=1S/C28H31N3O3/c1-2-34-26(32)20-29-15-7-16-30(19-18-29)24-12-13-25-27-22(24)10-6-11-23(27)28(33)31(25)17-14-21-8-4-3-5-9-21/h3-6,8-13H,2,7,14-20H2,1H3. The lowest BCUT2D eigenvalue weighted by molar-refractivity contribution is -0.144. The summed E-state index contributed by atoms with van der Waals surface area (Å²) in [5.41, 5.74) is 4.20. The second kappa shape index (κ2) is 9.85. The molecular weight excluding hydrogens is 426 g/mol. The van der Waals surface area contributed by atoms with Gasteiger partial charge in [0.2, 0.25) is 0 Å². The van der Waals surface area contributed by atoms with Crippen LogP contribution < -0.4 is 9.80 Å². The maximum absolute atomic E-state index is 13.3. The van der Waals surface area contributed by atoms with E-state index >= 15 is 0 Å². The van der Waals surface area contributed by atoms with Crippen molar-refractivity contribution in [2.75, 3.05) is 55.7 Å². The molecule has 0 unspecified atom stereocenters. The average molecular weight is 458 g/mol. The van der Waals surface area contributed by atoms with Crippen molar-refractivity contribution in [3.63, 3.8) is 0 Å². The Morgan fingerprint density at radius 2 is 1.74 bits per heavy atom. The number of hydrogen-bond donors (Lipinski definition) is 0. The third kappa shape index (κ3) is 4.38. The molecule has 0 spiro atoms. The number of rotatable bonds is 7. The zero-order valence-electron chi connectivity index (χ0n) is 19.7. The lowest BCUT2D eigenvalue weighted by Gasteiger charge is -2.25. The molecule has 3 aromatic rings. The molecule has 0 bridgehead atoms. The first-order valence-corrected chi connectivity index (χ1v) is 12.2. The number of esters is 1. The number of amides is 1. The molecular formula is C28H31N3O3. The van der Waals surface area contributed by atoms with Crippen molar-refractivity contribution in [2.45, 2.75) is 19.8 Å². The molecule has 176 valence electrons. The van der Waals surface area contributed by atoms with Crippen LogP contribution in [0.25, 0.3) is 10.8 Å². The zero-order chi connectivity index (χ0) is 23.5. The van der Waals surface area contributed by atoms with Gasteiger partial charge >= 0.3 is 5.97 Å². The molecule has 1 fully saturated rings. The molecule has 0 aliphatic carbocycles. The highest BCUT2D eigenvalue weighted by molar-refractivity contribution is 6.26. The van der Waals surface area contributed by atoms with Crippen LogP contribution in [0.1, 0.15) is 29.3 Å². The summed E-state index contributed by atoms with van der Waals surface area (Å²) in [6.45, 7) is 6.71. The molecule has 2 aliphatic rings. The van der Waals surface area contributed by atoms with E-state index in [1.165, 1.54) is 5.56 Å². The number of hydrogen-bond acceptors (Lipinski definition) is 5. The van der Waals surface area contributed by atoms with Gasteiger partial charge in [-0.3, -0.25) is 14.5 Å². The van der Waals surface area contributed by atoms with Crippen molar-refractivity contribution < 1.29 is 14.3 Å². The molecule has 34 heavy (non-hydrogen) atoms. The van der Waals surface area contributed by atoms with E-state index in [4.69, 9.17) is 4.74 Å². The number of nitrogens with zero attached hydrogens (tertiary/aromatic N) is 3. The third-order valence-electron chi connectivity index (χ3n) is 6.82. The van der Waals surface area contributed by atoms with Crippen LogP contribution in [0.3, 0.4) is 0 Å². The molecule has 5 rings (SSSR count). The molecule has 3 aromatic carbocycles. The highest BCUT2D eigenvalue weighted by Crippen LogP contribution is 2.41. The summed E-state index contributed by atoms with van der Waals surface area (Å²) in [6.07, 6.45) is 1.80. The maximum atomic E-state index is 13.3. The molecule has 2 aliphatic heterocycles. The molecule has 0 radical (unpaired) electrons. The van der Waals surface area contributed by atoms with Crippen molar-refractivity contribution >= 4 is 34.0 Å². The normalized spacial score (nSPS) is 16.2. The van der Waals surface area contributed by atoms with Gasteiger partial charge in [-0.1, -0.05) is 42.5 Å². The van der Waals surface area contributed by atoms with Gasteiger partial charge in [-0.05, 0) is 43.5 Å². The highest BCUT2D eigenvalue weighted by atomic mass is 16.5. The number of carbonyl (C=O) groups is 2. The number of carbonyl (C=O) groups excluding carboxylic acids is 2. The minimum atomic E-state index is -0.157. The Kier molecular flexibility index (Phi) is 6.50. The molecule has 0 aromatic heterocycles. The van der Waals surface area contributed by atoms with Crippen molar-refractivity contribution in [2.24, 2.45) is 0 Å². The molecule has 0 N–H and O–H groups in total. The Bertz CT molecular complexity index is 1190. The fraction of sp³-hybridized carbons (Fsp3) is 0.357. The second-order valence-electron chi connectivity index (χ2n) is 8.95. The summed E-state index contributed by atoms with van der Waals surface area (Å²) >= 11 is 0. The minimum absolute atomic E-state index is 0.0881. The monoisotopic (exact) mass is 457 g/mol. The average Bonchev–Trinajstić information content (AvgIpc) is 2.98. The predicted octanol–water partition coefficient (Wildman–Crippen LogP) is 4.12. The first-order chi connectivity index (χ1) is 16.7. The number of benzene rings is 3. The topological polar surface area (TPSA) is 53.1 Å². The Hall–Kier alpha value is -3.38. The molecule has 0 saturated carbocycles. The lowest BCUT2D eigenvalue weighted by Crippen LogP contribution is -2.35. The van der Waals surface area contributed by atoms with E-state index in [9.17, 15) is 9.59 Å². The SMILES string of the molecule is CCOC(=O)CN1CCCN(c2ccc3c4c(cccc24)C(=O)N3CCc2ccccc2)CC1. The number of ether oxygens (including phenoxy) is 1. The van der Waals surface area contributed by atoms with Gasteiger partial charge in [0, 0.05) is 54.7 Å². The summed E-state index contributed by atoms with van der Waals surface area (Å²) in [4.78, 5) is 31.7. The van der Waals surface area contributed by atoms with E-state index in [1.54, 1.807) is 0 Å². The molecule has 1 saturated heterocycles. The van der Waals surface area contributed by atoms with E-state index in [-0.39, 0.29) is 11.9 Å². The van der Waals surface area contributed by atoms with Crippen molar-refractivity contribution in [1.29, 1.82) is 0 Å². The van der Waals surface area contributed by atoms with Crippen molar-refractivity contribution in [3.8, 4) is 0 Å². The summed E-state index contributed by atoms with van der Waals surface area (Å²) in [6, 6.07) is 20.7. The Labute approximate surface area is 200 Å². The van der Waals surface area contributed by atoms with Crippen LogP contribution in [0.15, 0.2) is 60.7 Å². The quantitative estimate of drug-likeness (QED) is 0.500. The zero-order valence-corrected chi connectivity index (χ0v) is 19.7. The Morgan fingerprint density at radius 1 is 0.912 bits per heavy atom. The van der Waals surface area contributed by atoms with Gasteiger partial charge in [-0.2, -0.15) is 0 Å². The van der Waals surface area contributed by atoms with E-state index in [2.05, 4.69) is 40.1 Å². The molecule has 2 heterocycles. The summed E-state index contributed by atoms with van der Waals surface area (Å²) in [5, 5.41) is 2.19. The maximum Gasteiger partial charge on any atom is 0.320 e.